The number of sulfonamides is 1. The SMILES string of the molecule is CCOC(=O)CCNc1cccc(S(=O)(=O)N(C)C)c1N. The van der Waals surface area contributed by atoms with Gasteiger partial charge in [-0.05, 0) is 19.1 Å². The van der Waals surface area contributed by atoms with Crippen LogP contribution in [0.2, 0.25) is 0 Å². The number of para-hydroxylation sites is 1. The summed E-state index contributed by atoms with van der Waals surface area (Å²) in [6, 6.07) is 4.70. The van der Waals surface area contributed by atoms with E-state index in [4.69, 9.17) is 10.5 Å². The number of esters is 1. The van der Waals surface area contributed by atoms with Gasteiger partial charge < -0.3 is 15.8 Å². The van der Waals surface area contributed by atoms with Crippen molar-refractivity contribution in [2.24, 2.45) is 0 Å². The minimum absolute atomic E-state index is 0.0358. The molecule has 0 amide bonds. The van der Waals surface area contributed by atoms with Gasteiger partial charge in [0.25, 0.3) is 0 Å². The molecule has 1 aromatic carbocycles. The fourth-order valence-electron chi connectivity index (χ4n) is 1.65. The topological polar surface area (TPSA) is 102 Å². The first-order valence-corrected chi connectivity index (χ1v) is 7.95. The number of nitrogens with one attached hydrogen (secondary N) is 1. The molecule has 0 radical (unpaired) electrons. The summed E-state index contributed by atoms with van der Waals surface area (Å²) in [5, 5.41) is 2.94. The molecule has 7 nitrogen and oxygen atoms in total. The predicted molar refractivity (Wildman–Crippen MR) is 81.5 cm³/mol. The summed E-state index contributed by atoms with van der Waals surface area (Å²) < 4.78 is 30.1. The van der Waals surface area contributed by atoms with Crippen LogP contribution in [0.25, 0.3) is 0 Å². The molecule has 8 heteroatoms. The zero-order chi connectivity index (χ0) is 16.0. The molecule has 1 rings (SSSR count). The van der Waals surface area contributed by atoms with Crippen molar-refractivity contribution in [3.8, 4) is 0 Å². The lowest BCUT2D eigenvalue weighted by atomic mass is 10.2. The van der Waals surface area contributed by atoms with Crippen molar-refractivity contribution in [1.82, 2.24) is 4.31 Å². The van der Waals surface area contributed by atoms with Crippen molar-refractivity contribution in [3.05, 3.63) is 18.2 Å². The largest absolute Gasteiger partial charge is 0.466 e. The molecule has 0 aromatic heterocycles. The van der Waals surface area contributed by atoms with Gasteiger partial charge in [-0.2, -0.15) is 0 Å². The van der Waals surface area contributed by atoms with Crippen LogP contribution >= 0.6 is 0 Å². The van der Waals surface area contributed by atoms with Crippen molar-refractivity contribution in [3.63, 3.8) is 0 Å². The fraction of sp³-hybridized carbons (Fsp3) is 0.462. The van der Waals surface area contributed by atoms with E-state index in [0.717, 1.165) is 4.31 Å². The Morgan fingerprint density at radius 1 is 1.38 bits per heavy atom. The van der Waals surface area contributed by atoms with Gasteiger partial charge in [-0.3, -0.25) is 4.79 Å². The lowest BCUT2D eigenvalue weighted by Gasteiger charge is -2.16. The minimum Gasteiger partial charge on any atom is -0.466 e. The predicted octanol–water partition coefficient (Wildman–Crippen LogP) is 0.884. The molecule has 3 N–H and O–H groups in total. The molecule has 0 unspecified atom stereocenters. The molecule has 0 saturated heterocycles. The first-order valence-electron chi connectivity index (χ1n) is 6.51. The van der Waals surface area contributed by atoms with Gasteiger partial charge in [-0.15, -0.1) is 0 Å². The van der Waals surface area contributed by atoms with Gasteiger partial charge in [0, 0.05) is 20.6 Å². The Morgan fingerprint density at radius 2 is 2.05 bits per heavy atom. The van der Waals surface area contributed by atoms with E-state index >= 15 is 0 Å². The van der Waals surface area contributed by atoms with E-state index < -0.39 is 10.0 Å². The first-order chi connectivity index (χ1) is 9.80. The second kappa shape index (κ2) is 7.28. The second-order valence-corrected chi connectivity index (χ2v) is 6.61. The Kier molecular flexibility index (Phi) is 5.98. The monoisotopic (exact) mass is 315 g/mol. The van der Waals surface area contributed by atoms with Crippen LogP contribution in [0.5, 0.6) is 0 Å². The third kappa shape index (κ3) is 4.33. The molecule has 0 heterocycles. The number of hydrogen-bond acceptors (Lipinski definition) is 6. The van der Waals surface area contributed by atoms with Gasteiger partial charge in [-0.1, -0.05) is 6.07 Å². The number of carbonyl (C=O) groups is 1. The summed E-state index contributed by atoms with van der Waals surface area (Å²) in [5.41, 5.74) is 6.51. The van der Waals surface area contributed by atoms with Crippen molar-refractivity contribution in [2.45, 2.75) is 18.2 Å². The van der Waals surface area contributed by atoms with Crippen LogP contribution in [0, 0.1) is 0 Å². The number of anilines is 2. The normalized spacial score (nSPS) is 11.4. The Hall–Kier alpha value is -1.80. The Labute approximate surface area is 125 Å². The molecule has 0 fully saturated rings. The van der Waals surface area contributed by atoms with E-state index in [9.17, 15) is 13.2 Å². The first kappa shape index (κ1) is 17.3. The molecular formula is C13H21N3O4S. The lowest BCUT2D eigenvalue weighted by Crippen LogP contribution is -2.23. The third-order valence-electron chi connectivity index (χ3n) is 2.77. The second-order valence-electron chi connectivity index (χ2n) is 4.49. The summed E-state index contributed by atoms with van der Waals surface area (Å²) in [5.74, 6) is -0.319. The smallest absolute Gasteiger partial charge is 0.307 e. The summed E-state index contributed by atoms with van der Waals surface area (Å²) >= 11 is 0. The average Bonchev–Trinajstić information content (AvgIpc) is 2.40. The van der Waals surface area contributed by atoms with E-state index in [-0.39, 0.29) is 23.0 Å². The van der Waals surface area contributed by atoms with E-state index in [0.29, 0.717) is 18.8 Å². The number of ether oxygens (including phenoxy) is 1. The van der Waals surface area contributed by atoms with Crippen LogP contribution < -0.4 is 11.1 Å². The Bertz CT molecular complexity index is 599. The van der Waals surface area contributed by atoms with Crippen LogP contribution in [0.1, 0.15) is 13.3 Å². The van der Waals surface area contributed by atoms with Crippen molar-refractivity contribution < 1.29 is 17.9 Å². The number of rotatable bonds is 7. The fourth-order valence-corrected chi connectivity index (χ4v) is 2.68. The summed E-state index contributed by atoms with van der Waals surface area (Å²) in [7, 11) is -0.723. The molecule has 21 heavy (non-hydrogen) atoms. The molecule has 0 spiro atoms. The van der Waals surface area contributed by atoms with E-state index in [1.807, 2.05) is 0 Å². The van der Waals surface area contributed by atoms with Crippen molar-refractivity contribution in [2.75, 3.05) is 38.3 Å². The van der Waals surface area contributed by atoms with E-state index in [1.165, 1.54) is 20.2 Å². The number of hydrogen-bond donors (Lipinski definition) is 2. The number of nitrogens with two attached hydrogens (primary N) is 1. The van der Waals surface area contributed by atoms with Crippen molar-refractivity contribution in [1.29, 1.82) is 0 Å². The van der Waals surface area contributed by atoms with Crippen LogP contribution in [0.15, 0.2) is 23.1 Å². The minimum atomic E-state index is -3.60. The maximum Gasteiger partial charge on any atom is 0.307 e. The summed E-state index contributed by atoms with van der Waals surface area (Å²) in [4.78, 5) is 11.3. The standard InChI is InChI=1S/C13H21N3O4S/c1-4-20-12(17)8-9-15-10-6-5-7-11(13(10)14)21(18,19)16(2)3/h5-7,15H,4,8-9,14H2,1-3H3. The van der Waals surface area contributed by atoms with Gasteiger partial charge >= 0.3 is 5.97 Å². The zero-order valence-electron chi connectivity index (χ0n) is 12.4. The van der Waals surface area contributed by atoms with Crippen LogP contribution in [-0.4, -0.2) is 45.9 Å². The zero-order valence-corrected chi connectivity index (χ0v) is 13.2. The molecule has 0 saturated carbocycles. The van der Waals surface area contributed by atoms with Gasteiger partial charge in [0.1, 0.15) is 4.90 Å². The van der Waals surface area contributed by atoms with E-state index in [2.05, 4.69) is 5.32 Å². The van der Waals surface area contributed by atoms with Crippen molar-refractivity contribution >= 4 is 27.4 Å². The third-order valence-corrected chi connectivity index (χ3v) is 4.65. The number of benzene rings is 1. The Morgan fingerprint density at radius 3 is 2.62 bits per heavy atom. The van der Waals surface area contributed by atoms with Crippen LogP contribution in [0.3, 0.4) is 0 Å². The van der Waals surface area contributed by atoms with Crippen LogP contribution in [0.4, 0.5) is 11.4 Å². The van der Waals surface area contributed by atoms with Gasteiger partial charge in [0.15, 0.2) is 0 Å². The maximum absolute atomic E-state index is 12.1. The highest BCUT2D eigenvalue weighted by atomic mass is 32.2. The molecule has 0 atom stereocenters. The average molecular weight is 315 g/mol. The van der Waals surface area contributed by atoms with Gasteiger partial charge in [-0.25, -0.2) is 12.7 Å². The summed E-state index contributed by atoms with van der Waals surface area (Å²) in [6.45, 7) is 2.38. The van der Waals surface area contributed by atoms with Gasteiger partial charge in [0.2, 0.25) is 10.0 Å². The lowest BCUT2D eigenvalue weighted by molar-refractivity contribution is -0.142. The van der Waals surface area contributed by atoms with Gasteiger partial charge in [0.05, 0.1) is 24.4 Å². The molecule has 0 aliphatic heterocycles. The highest BCUT2D eigenvalue weighted by Gasteiger charge is 2.21. The number of carbonyl (C=O) groups excluding carboxylic acids is 1. The molecule has 0 aliphatic carbocycles. The number of nitrogen functional groups attached to an aromatic ring is 1. The summed E-state index contributed by atoms with van der Waals surface area (Å²) in [6.07, 6.45) is 0.179. The van der Waals surface area contributed by atoms with E-state index in [1.54, 1.807) is 19.1 Å². The highest BCUT2D eigenvalue weighted by molar-refractivity contribution is 7.89. The Balaban J connectivity index is 2.85. The molecule has 118 valence electrons. The molecule has 0 aliphatic rings. The maximum atomic E-state index is 12.1. The molecule has 1 aromatic rings. The quantitative estimate of drug-likeness (QED) is 0.572. The molecular weight excluding hydrogens is 294 g/mol. The van der Waals surface area contributed by atoms with Crippen LogP contribution in [-0.2, 0) is 19.6 Å². The number of nitrogens with zero attached hydrogens (tertiary/aromatic N) is 1. The molecule has 0 bridgehead atoms. The highest BCUT2D eigenvalue weighted by Crippen LogP contribution is 2.28.